The van der Waals surface area contributed by atoms with E-state index in [0.717, 1.165) is 11.3 Å². The lowest BCUT2D eigenvalue weighted by Crippen LogP contribution is -2.41. The highest BCUT2D eigenvalue weighted by molar-refractivity contribution is 7.89. The van der Waals surface area contributed by atoms with Gasteiger partial charge in [-0.25, -0.2) is 8.42 Å². The van der Waals surface area contributed by atoms with Crippen molar-refractivity contribution in [3.05, 3.63) is 54.1 Å². The number of fused-ring (bicyclic) bond motifs is 1. The van der Waals surface area contributed by atoms with Gasteiger partial charge in [0.05, 0.1) is 18.6 Å². The molecule has 0 spiro atoms. The molecule has 0 radical (unpaired) electrons. The highest BCUT2D eigenvalue weighted by Gasteiger charge is 2.32. The quantitative estimate of drug-likeness (QED) is 0.801. The molecule has 1 aliphatic rings. The second-order valence-electron chi connectivity index (χ2n) is 6.58. The third kappa shape index (κ3) is 4.00. The predicted octanol–water partition coefficient (Wildman–Crippen LogP) is 2.21. The van der Waals surface area contributed by atoms with Crippen LogP contribution in [-0.4, -0.2) is 58.0 Å². The van der Waals surface area contributed by atoms with Gasteiger partial charge in [-0.15, -0.1) is 0 Å². The lowest BCUT2D eigenvalue weighted by atomic mass is 10.2. The number of likely N-dealkylation sites (N-methyl/N-ethyl adjacent to an activating group) is 1. The largest absolute Gasteiger partial charge is 0.497 e. The lowest BCUT2D eigenvalue weighted by Gasteiger charge is -2.25. The van der Waals surface area contributed by atoms with Crippen molar-refractivity contribution in [2.45, 2.75) is 17.5 Å². The summed E-state index contributed by atoms with van der Waals surface area (Å²) in [5, 5.41) is 0. The van der Waals surface area contributed by atoms with E-state index in [1.807, 2.05) is 43.3 Å². The summed E-state index contributed by atoms with van der Waals surface area (Å²) >= 11 is 0. The molecule has 0 amide bonds. The lowest BCUT2D eigenvalue weighted by molar-refractivity contribution is 0.146. The molecule has 0 unspecified atom stereocenters. The van der Waals surface area contributed by atoms with Crippen LogP contribution in [0, 0.1) is 0 Å². The number of nitrogens with zero attached hydrogens (tertiary/aromatic N) is 2. The SMILES string of the molecule is COc1ccc(S(=O)(=O)N2Cc3ccccc3O[C@@H](CN(C)C)C2)cc1. The van der Waals surface area contributed by atoms with Crippen LogP contribution in [0.5, 0.6) is 11.5 Å². The van der Waals surface area contributed by atoms with E-state index in [2.05, 4.69) is 0 Å². The molecule has 0 aliphatic carbocycles. The number of ether oxygens (including phenoxy) is 2. The summed E-state index contributed by atoms with van der Waals surface area (Å²) in [5.41, 5.74) is 0.867. The Bertz CT molecular complexity index is 850. The van der Waals surface area contributed by atoms with Gasteiger partial charge in [-0.1, -0.05) is 18.2 Å². The molecule has 2 aromatic rings. The molecule has 0 bridgehead atoms. The van der Waals surface area contributed by atoms with Crippen molar-refractivity contribution in [1.29, 1.82) is 0 Å². The van der Waals surface area contributed by atoms with Gasteiger partial charge in [-0.2, -0.15) is 4.31 Å². The first-order chi connectivity index (χ1) is 12.4. The summed E-state index contributed by atoms with van der Waals surface area (Å²) in [4.78, 5) is 2.25. The number of benzene rings is 2. The third-order valence-electron chi connectivity index (χ3n) is 4.29. The van der Waals surface area contributed by atoms with Crippen LogP contribution in [0.3, 0.4) is 0 Å². The molecule has 1 aliphatic heterocycles. The van der Waals surface area contributed by atoms with E-state index in [-0.39, 0.29) is 17.5 Å². The number of hydrogen-bond donors (Lipinski definition) is 0. The van der Waals surface area contributed by atoms with Gasteiger partial charge < -0.3 is 14.4 Å². The van der Waals surface area contributed by atoms with E-state index in [1.165, 1.54) is 4.31 Å². The molecule has 7 heteroatoms. The Labute approximate surface area is 155 Å². The van der Waals surface area contributed by atoms with E-state index >= 15 is 0 Å². The minimum absolute atomic E-state index is 0.248. The molecule has 3 rings (SSSR count). The monoisotopic (exact) mass is 376 g/mol. The molecular formula is C19H24N2O4S. The van der Waals surface area contributed by atoms with Crippen LogP contribution in [0.1, 0.15) is 5.56 Å². The zero-order valence-electron chi connectivity index (χ0n) is 15.3. The zero-order chi connectivity index (χ0) is 18.7. The fraction of sp³-hybridized carbons (Fsp3) is 0.368. The summed E-state index contributed by atoms with van der Waals surface area (Å²) in [5.74, 6) is 1.37. The molecule has 140 valence electrons. The maximum Gasteiger partial charge on any atom is 0.243 e. The fourth-order valence-electron chi connectivity index (χ4n) is 3.03. The summed E-state index contributed by atoms with van der Waals surface area (Å²) in [6, 6.07) is 14.1. The van der Waals surface area contributed by atoms with Crippen LogP contribution in [0.2, 0.25) is 0 Å². The number of sulfonamides is 1. The van der Waals surface area contributed by atoms with E-state index in [9.17, 15) is 8.42 Å². The van der Waals surface area contributed by atoms with Crippen LogP contribution in [0.4, 0.5) is 0 Å². The topological polar surface area (TPSA) is 59.1 Å². The van der Waals surface area contributed by atoms with Crippen molar-refractivity contribution >= 4 is 10.0 Å². The van der Waals surface area contributed by atoms with E-state index < -0.39 is 10.0 Å². The fourth-order valence-corrected chi connectivity index (χ4v) is 4.48. The molecular weight excluding hydrogens is 352 g/mol. The number of hydrogen-bond acceptors (Lipinski definition) is 5. The van der Waals surface area contributed by atoms with Gasteiger partial charge in [0.25, 0.3) is 0 Å². The van der Waals surface area contributed by atoms with Crippen LogP contribution >= 0.6 is 0 Å². The van der Waals surface area contributed by atoms with Crippen molar-refractivity contribution in [3.63, 3.8) is 0 Å². The maximum absolute atomic E-state index is 13.2. The second-order valence-corrected chi connectivity index (χ2v) is 8.52. The molecule has 0 N–H and O–H groups in total. The Kier molecular flexibility index (Phi) is 5.50. The normalized spacial score (nSPS) is 18.1. The number of para-hydroxylation sites is 1. The summed E-state index contributed by atoms with van der Waals surface area (Å²) in [7, 11) is 1.81. The van der Waals surface area contributed by atoms with Gasteiger partial charge in [-0.3, -0.25) is 0 Å². The molecule has 0 fully saturated rings. The van der Waals surface area contributed by atoms with Crippen molar-refractivity contribution < 1.29 is 17.9 Å². The van der Waals surface area contributed by atoms with Gasteiger partial charge in [0.1, 0.15) is 17.6 Å². The molecule has 0 aromatic heterocycles. The van der Waals surface area contributed by atoms with Crippen LogP contribution in [-0.2, 0) is 16.6 Å². The molecule has 2 aromatic carbocycles. The third-order valence-corrected chi connectivity index (χ3v) is 6.11. The highest BCUT2D eigenvalue weighted by Crippen LogP contribution is 2.29. The maximum atomic E-state index is 13.2. The summed E-state index contributed by atoms with van der Waals surface area (Å²) in [6.07, 6.45) is -0.248. The second kappa shape index (κ2) is 7.65. The first-order valence-electron chi connectivity index (χ1n) is 8.43. The Hall–Kier alpha value is -2.09. The molecule has 26 heavy (non-hydrogen) atoms. The number of rotatable bonds is 5. The predicted molar refractivity (Wildman–Crippen MR) is 100 cm³/mol. The summed E-state index contributed by atoms with van der Waals surface area (Å²) < 4.78 is 39.1. The number of methoxy groups -OCH3 is 1. The van der Waals surface area contributed by atoms with E-state index in [4.69, 9.17) is 9.47 Å². The van der Waals surface area contributed by atoms with Gasteiger partial charge in [0, 0.05) is 18.7 Å². The first-order valence-corrected chi connectivity index (χ1v) is 9.87. The van der Waals surface area contributed by atoms with Crippen molar-refractivity contribution in [2.75, 3.05) is 34.3 Å². The highest BCUT2D eigenvalue weighted by atomic mass is 32.2. The molecule has 1 atom stereocenters. The first kappa shape index (κ1) is 18.7. The standard InChI is InChI=1S/C19H24N2O4S/c1-20(2)13-17-14-21(12-15-6-4-5-7-19(15)25-17)26(22,23)18-10-8-16(24-3)9-11-18/h4-11,17H,12-14H2,1-3H3/t17-/m0/s1. The smallest absolute Gasteiger partial charge is 0.243 e. The van der Waals surface area contributed by atoms with E-state index in [1.54, 1.807) is 31.4 Å². The van der Waals surface area contributed by atoms with Gasteiger partial charge in [0.15, 0.2) is 0 Å². The summed E-state index contributed by atoms with van der Waals surface area (Å²) in [6.45, 7) is 1.21. The molecule has 6 nitrogen and oxygen atoms in total. The minimum atomic E-state index is -3.64. The molecule has 0 saturated heterocycles. The van der Waals surface area contributed by atoms with Crippen molar-refractivity contribution in [2.24, 2.45) is 0 Å². The minimum Gasteiger partial charge on any atom is -0.497 e. The zero-order valence-corrected chi connectivity index (χ0v) is 16.1. The molecule has 1 heterocycles. The van der Waals surface area contributed by atoms with E-state index in [0.29, 0.717) is 18.8 Å². The Morgan fingerprint density at radius 2 is 1.85 bits per heavy atom. The van der Waals surface area contributed by atoms with Crippen LogP contribution < -0.4 is 9.47 Å². The van der Waals surface area contributed by atoms with Gasteiger partial charge >= 0.3 is 0 Å². The Morgan fingerprint density at radius 3 is 2.50 bits per heavy atom. The van der Waals surface area contributed by atoms with Crippen LogP contribution in [0.25, 0.3) is 0 Å². The van der Waals surface area contributed by atoms with Crippen LogP contribution in [0.15, 0.2) is 53.4 Å². The Morgan fingerprint density at radius 1 is 1.15 bits per heavy atom. The van der Waals surface area contributed by atoms with Gasteiger partial charge in [-0.05, 0) is 44.4 Å². The average Bonchev–Trinajstić information content (AvgIpc) is 2.80. The Balaban J connectivity index is 1.95. The molecule has 0 saturated carbocycles. The van der Waals surface area contributed by atoms with Gasteiger partial charge in [0.2, 0.25) is 10.0 Å². The van der Waals surface area contributed by atoms with Crippen molar-refractivity contribution in [3.8, 4) is 11.5 Å². The van der Waals surface area contributed by atoms with Crippen molar-refractivity contribution in [1.82, 2.24) is 9.21 Å². The average molecular weight is 376 g/mol.